The summed E-state index contributed by atoms with van der Waals surface area (Å²) in [5.41, 5.74) is 0. The van der Waals surface area contributed by atoms with Gasteiger partial charge >= 0.3 is 0 Å². The van der Waals surface area contributed by atoms with Gasteiger partial charge in [0.1, 0.15) is 6.04 Å². The van der Waals surface area contributed by atoms with Gasteiger partial charge in [-0.15, -0.1) is 0 Å². The summed E-state index contributed by atoms with van der Waals surface area (Å²) in [6.45, 7) is 3.52. The van der Waals surface area contributed by atoms with Crippen LogP contribution in [0.25, 0.3) is 0 Å². The van der Waals surface area contributed by atoms with Crippen LogP contribution in [0.2, 0.25) is 5.28 Å². The Morgan fingerprint density at radius 3 is 2.89 bits per heavy atom. The van der Waals surface area contributed by atoms with Crippen LogP contribution in [0.3, 0.4) is 0 Å². The predicted octanol–water partition coefficient (Wildman–Crippen LogP) is 1.04. The van der Waals surface area contributed by atoms with E-state index in [-0.39, 0.29) is 17.2 Å². The molecule has 1 unspecified atom stereocenters. The molecule has 2 rings (SSSR count). The second kappa shape index (κ2) is 6.51. The molecule has 1 amide bonds. The number of rotatable bonds is 5. The monoisotopic (exact) mass is 284 g/mol. The number of amides is 1. The zero-order valence-electron chi connectivity index (χ0n) is 10.7. The molecule has 0 saturated carbocycles. The van der Waals surface area contributed by atoms with Crippen molar-refractivity contribution in [2.75, 3.05) is 23.7 Å². The van der Waals surface area contributed by atoms with Crippen LogP contribution in [0.5, 0.6) is 0 Å². The van der Waals surface area contributed by atoms with Crippen LogP contribution in [0.15, 0.2) is 0 Å². The Labute approximate surface area is 116 Å². The molecule has 7 nitrogen and oxygen atoms in total. The Bertz CT molecular complexity index is 455. The van der Waals surface area contributed by atoms with Gasteiger partial charge in [0.05, 0.1) is 0 Å². The number of nitrogens with zero attached hydrogens (tertiary/aromatic N) is 3. The number of hydrogen-bond donors (Lipinski definition) is 3. The lowest BCUT2D eigenvalue weighted by atomic mass is 10.1. The highest BCUT2D eigenvalue weighted by atomic mass is 35.5. The molecule has 1 aliphatic heterocycles. The van der Waals surface area contributed by atoms with Crippen molar-refractivity contribution in [3.8, 4) is 0 Å². The van der Waals surface area contributed by atoms with Crippen molar-refractivity contribution >= 4 is 29.4 Å². The molecule has 0 bridgehead atoms. The van der Waals surface area contributed by atoms with Crippen molar-refractivity contribution in [2.24, 2.45) is 0 Å². The second-order valence-electron chi connectivity index (χ2n) is 4.31. The first-order valence-corrected chi connectivity index (χ1v) is 6.76. The number of carbonyl (C=O) groups is 1. The van der Waals surface area contributed by atoms with E-state index in [9.17, 15) is 4.79 Å². The molecule has 19 heavy (non-hydrogen) atoms. The molecular weight excluding hydrogens is 268 g/mol. The lowest BCUT2D eigenvalue weighted by Gasteiger charge is -2.22. The Morgan fingerprint density at radius 2 is 2.16 bits per heavy atom. The molecule has 0 aromatic carbocycles. The van der Waals surface area contributed by atoms with Crippen LogP contribution in [-0.4, -0.2) is 40.0 Å². The van der Waals surface area contributed by atoms with Crippen LogP contribution in [-0.2, 0) is 4.79 Å². The SMILES string of the molecule is CCCNc1nc(Cl)nc(NC2CCCNC2=O)n1. The van der Waals surface area contributed by atoms with E-state index in [0.717, 1.165) is 32.4 Å². The average Bonchev–Trinajstić information content (AvgIpc) is 2.38. The number of carbonyl (C=O) groups excluding carboxylic acids is 1. The summed E-state index contributed by atoms with van der Waals surface area (Å²) in [6.07, 6.45) is 2.65. The zero-order chi connectivity index (χ0) is 13.7. The van der Waals surface area contributed by atoms with Crippen molar-refractivity contribution < 1.29 is 4.79 Å². The fourth-order valence-corrected chi connectivity index (χ4v) is 1.96. The van der Waals surface area contributed by atoms with E-state index in [1.165, 1.54) is 0 Å². The minimum Gasteiger partial charge on any atom is -0.354 e. The normalized spacial score (nSPS) is 18.8. The van der Waals surface area contributed by atoms with Gasteiger partial charge in [-0.05, 0) is 30.9 Å². The molecule has 0 radical (unpaired) electrons. The molecular formula is C11H17ClN6O. The van der Waals surface area contributed by atoms with Gasteiger partial charge in [0, 0.05) is 13.1 Å². The molecule has 1 aliphatic rings. The predicted molar refractivity (Wildman–Crippen MR) is 73.3 cm³/mol. The van der Waals surface area contributed by atoms with Crippen LogP contribution < -0.4 is 16.0 Å². The number of halogens is 1. The van der Waals surface area contributed by atoms with Crippen LogP contribution in [0.1, 0.15) is 26.2 Å². The van der Waals surface area contributed by atoms with E-state index < -0.39 is 0 Å². The van der Waals surface area contributed by atoms with Gasteiger partial charge in [0.25, 0.3) is 0 Å². The lowest BCUT2D eigenvalue weighted by molar-refractivity contribution is -0.123. The summed E-state index contributed by atoms with van der Waals surface area (Å²) in [5.74, 6) is 0.701. The standard InChI is InChI=1S/C11H17ClN6O/c1-2-5-14-10-16-9(12)17-11(18-10)15-7-4-3-6-13-8(7)19/h7H,2-6H2,1H3,(H,13,19)(H2,14,15,16,17,18). The van der Waals surface area contributed by atoms with Gasteiger partial charge in [-0.3, -0.25) is 4.79 Å². The van der Waals surface area contributed by atoms with E-state index in [0.29, 0.717) is 11.9 Å². The smallest absolute Gasteiger partial charge is 0.242 e. The first-order chi connectivity index (χ1) is 9.19. The second-order valence-corrected chi connectivity index (χ2v) is 4.65. The van der Waals surface area contributed by atoms with E-state index >= 15 is 0 Å². The first-order valence-electron chi connectivity index (χ1n) is 6.38. The molecule has 1 saturated heterocycles. The zero-order valence-corrected chi connectivity index (χ0v) is 11.5. The van der Waals surface area contributed by atoms with E-state index in [1.54, 1.807) is 0 Å². The van der Waals surface area contributed by atoms with Crippen LogP contribution in [0.4, 0.5) is 11.9 Å². The van der Waals surface area contributed by atoms with Gasteiger partial charge in [0.15, 0.2) is 0 Å². The Kier molecular flexibility index (Phi) is 4.73. The van der Waals surface area contributed by atoms with Crippen molar-refractivity contribution in [1.29, 1.82) is 0 Å². The fraction of sp³-hybridized carbons (Fsp3) is 0.636. The highest BCUT2D eigenvalue weighted by Crippen LogP contribution is 2.13. The van der Waals surface area contributed by atoms with Gasteiger partial charge in [-0.25, -0.2) is 0 Å². The van der Waals surface area contributed by atoms with Gasteiger partial charge in [-0.1, -0.05) is 6.92 Å². The third-order valence-electron chi connectivity index (χ3n) is 2.73. The first kappa shape index (κ1) is 13.8. The summed E-state index contributed by atoms with van der Waals surface area (Å²) in [6, 6.07) is -0.314. The van der Waals surface area contributed by atoms with Gasteiger partial charge < -0.3 is 16.0 Å². The summed E-state index contributed by atoms with van der Waals surface area (Å²) in [7, 11) is 0. The Balaban J connectivity index is 2.06. The van der Waals surface area contributed by atoms with Crippen molar-refractivity contribution in [2.45, 2.75) is 32.2 Å². The van der Waals surface area contributed by atoms with Crippen molar-refractivity contribution in [1.82, 2.24) is 20.3 Å². The molecule has 104 valence electrons. The molecule has 1 fully saturated rings. The molecule has 1 aromatic heterocycles. The summed E-state index contributed by atoms with van der Waals surface area (Å²) < 4.78 is 0. The maximum atomic E-state index is 11.6. The Hall–Kier alpha value is -1.63. The van der Waals surface area contributed by atoms with E-state index in [2.05, 4.69) is 30.9 Å². The quantitative estimate of drug-likeness (QED) is 0.748. The molecule has 2 heterocycles. The molecule has 0 spiro atoms. The summed E-state index contributed by atoms with van der Waals surface area (Å²) >= 11 is 5.84. The van der Waals surface area contributed by atoms with Crippen molar-refractivity contribution in [3.63, 3.8) is 0 Å². The minimum atomic E-state index is -0.314. The average molecular weight is 285 g/mol. The van der Waals surface area contributed by atoms with Gasteiger partial charge in [0.2, 0.25) is 23.1 Å². The Morgan fingerprint density at radius 1 is 1.37 bits per heavy atom. The fourth-order valence-electron chi connectivity index (χ4n) is 1.80. The lowest BCUT2D eigenvalue weighted by Crippen LogP contribution is -2.44. The van der Waals surface area contributed by atoms with Crippen molar-refractivity contribution in [3.05, 3.63) is 5.28 Å². The molecule has 1 aromatic rings. The largest absolute Gasteiger partial charge is 0.354 e. The summed E-state index contributed by atoms with van der Waals surface area (Å²) in [5, 5.41) is 8.92. The minimum absolute atomic E-state index is 0.0362. The highest BCUT2D eigenvalue weighted by Gasteiger charge is 2.22. The number of piperidine rings is 1. The topological polar surface area (TPSA) is 91.8 Å². The van der Waals surface area contributed by atoms with E-state index in [4.69, 9.17) is 11.6 Å². The van der Waals surface area contributed by atoms with Crippen LogP contribution in [0, 0.1) is 0 Å². The summed E-state index contributed by atoms with van der Waals surface area (Å²) in [4.78, 5) is 23.8. The number of hydrogen-bond acceptors (Lipinski definition) is 6. The third kappa shape index (κ3) is 3.92. The van der Waals surface area contributed by atoms with E-state index in [1.807, 2.05) is 6.92 Å². The van der Waals surface area contributed by atoms with Crippen LogP contribution >= 0.6 is 11.6 Å². The molecule has 8 heteroatoms. The van der Waals surface area contributed by atoms with Gasteiger partial charge in [-0.2, -0.15) is 15.0 Å². The number of anilines is 2. The number of nitrogens with one attached hydrogen (secondary N) is 3. The molecule has 0 aliphatic carbocycles. The maximum Gasteiger partial charge on any atom is 0.242 e. The molecule has 3 N–H and O–H groups in total. The maximum absolute atomic E-state index is 11.6. The number of aromatic nitrogens is 3. The highest BCUT2D eigenvalue weighted by molar-refractivity contribution is 6.28. The molecule has 1 atom stereocenters. The third-order valence-corrected chi connectivity index (χ3v) is 2.90.